The average Bonchev–Trinajstić information content (AvgIpc) is 2.37. The Kier molecular flexibility index (Phi) is 5.17. The highest BCUT2D eigenvalue weighted by Gasteiger charge is 2.17. The number of aryl methyl sites for hydroxylation is 1. The minimum Gasteiger partial charge on any atom is -0.497 e. The van der Waals surface area contributed by atoms with Gasteiger partial charge in [-0.15, -0.1) is 0 Å². The van der Waals surface area contributed by atoms with Crippen LogP contribution in [0.2, 0.25) is 0 Å². The standard InChI is InChI=1S/C13H18N2O4/c1-4-10(12(16)17)14-13(18)15-11-6-5-9(19-3)7-8(11)2/h5-7,10H,4H2,1-3H3,(H,16,17)(H2,14,15,18)/t10-/m1/s1. The molecule has 1 rings (SSSR count). The number of hydrogen-bond acceptors (Lipinski definition) is 3. The van der Waals surface area contributed by atoms with Crippen molar-refractivity contribution in [3.05, 3.63) is 23.8 Å². The monoisotopic (exact) mass is 266 g/mol. The summed E-state index contributed by atoms with van der Waals surface area (Å²) in [5.74, 6) is -0.357. The van der Waals surface area contributed by atoms with Gasteiger partial charge in [-0.1, -0.05) is 6.92 Å². The van der Waals surface area contributed by atoms with Crippen LogP contribution in [0.15, 0.2) is 18.2 Å². The second kappa shape index (κ2) is 6.63. The Bertz CT molecular complexity index is 474. The van der Waals surface area contributed by atoms with Crippen LogP contribution in [0.25, 0.3) is 0 Å². The molecule has 1 aromatic carbocycles. The van der Waals surface area contributed by atoms with E-state index in [0.29, 0.717) is 17.9 Å². The van der Waals surface area contributed by atoms with Crippen molar-refractivity contribution < 1.29 is 19.4 Å². The lowest BCUT2D eigenvalue weighted by atomic mass is 10.2. The minimum atomic E-state index is -1.05. The smallest absolute Gasteiger partial charge is 0.326 e. The molecule has 2 amide bonds. The van der Waals surface area contributed by atoms with Crippen LogP contribution in [0.3, 0.4) is 0 Å². The highest BCUT2D eigenvalue weighted by atomic mass is 16.5. The average molecular weight is 266 g/mol. The molecule has 0 heterocycles. The number of aliphatic carboxylic acids is 1. The first-order valence-corrected chi connectivity index (χ1v) is 5.92. The summed E-state index contributed by atoms with van der Waals surface area (Å²) in [7, 11) is 1.56. The molecule has 104 valence electrons. The fourth-order valence-electron chi connectivity index (χ4n) is 1.56. The molecule has 0 aliphatic carbocycles. The van der Waals surface area contributed by atoms with E-state index in [1.54, 1.807) is 32.2 Å². The Balaban J connectivity index is 2.69. The topological polar surface area (TPSA) is 87.7 Å². The van der Waals surface area contributed by atoms with Crippen LogP contribution in [0.5, 0.6) is 5.75 Å². The number of carboxylic acid groups (broad SMARTS) is 1. The summed E-state index contributed by atoms with van der Waals surface area (Å²) < 4.78 is 5.06. The molecule has 0 radical (unpaired) electrons. The third kappa shape index (κ3) is 4.17. The number of carbonyl (C=O) groups excluding carboxylic acids is 1. The van der Waals surface area contributed by atoms with E-state index in [1.165, 1.54) is 0 Å². The van der Waals surface area contributed by atoms with Crippen molar-refractivity contribution in [2.24, 2.45) is 0 Å². The van der Waals surface area contributed by atoms with Gasteiger partial charge in [-0.05, 0) is 37.1 Å². The van der Waals surface area contributed by atoms with Crippen LogP contribution in [0.1, 0.15) is 18.9 Å². The molecule has 0 aliphatic rings. The Hall–Kier alpha value is -2.24. The highest BCUT2D eigenvalue weighted by molar-refractivity contribution is 5.92. The van der Waals surface area contributed by atoms with E-state index in [4.69, 9.17) is 9.84 Å². The van der Waals surface area contributed by atoms with Gasteiger partial charge in [-0.25, -0.2) is 9.59 Å². The number of rotatable bonds is 5. The van der Waals surface area contributed by atoms with Gasteiger partial charge in [0.2, 0.25) is 0 Å². The lowest BCUT2D eigenvalue weighted by Crippen LogP contribution is -2.42. The van der Waals surface area contributed by atoms with Crippen molar-refractivity contribution in [2.45, 2.75) is 26.3 Å². The van der Waals surface area contributed by atoms with Gasteiger partial charge in [0.15, 0.2) is 0 Å². The molecule has 1 atom stereocenters. The molecular formula is C13H18N2O4. The number of urea groups is 1. The largest absolute Gasteiger partial charge is 0.497 e. The molecule has 0 aromatic heterocycles. The number of hydrogen-bond donors (Lipinski definition) is 3. The van der Waals surface area contributed by atoms with Crippen molar-refractivity contribution in [1.82, 2.24) is 5.32 Å². The summed E-state index contributed by atoms with van der Waals surface area (Å²) >= 11 is 0. The quantitative estimate of drug-likeness (QED) is 0.760. The lowest BCUT2D eigenvalue weighted by Gasteiger charge is -2.14. The molecular weight excluding hydrogens is 248 g/mol. The lowest BCUT2D eigenvalue weighted by molar-refractivity contribution is -0.139. The predicted molar refractivity (Wildman–Crippen MR) is 71.6 cm³/mol. The minimum absolute atomic E-state index is 0.324. The van der Waals surface area contributed by atoms with Gasteiger partial charge in [0.1, 0.15) is 11.8 Å². The van der Waals surface area contributed by atoms with Gasteiger partial charge >= 0.3 is 12.0 Å². The zero-order valence-electron chi connectivity index (χ0n) is 11.2. The van der Waals surface area contributed by atoms with Crippen molar-refractivity contribution in [3.63, 3.8) is 0 Å². The molecule has 6 heteroatoms. The summed E-state index contributed by atoms with van der Waals surface area (Å²) in [4.78, 5) is 22.5. The summed E-state index contributed by atoms with van der Waals surface area (Å²) in [5.41, 5.74) is 1.44. The number of amides is 2. The van der Waals surface area contributed by atoms with Crippen molar-refractivity contribution >= 4 is 17.7 Å². The zero-order chi connectivity index (χ0) is 14.4. The van der Waals surface area contributed by atoms with E-state index in [0.717, 1.165) is 5.56 Å². The molecule has 0 saturated heterocycles. The fraction of sp³-hybridized carbons (Fsp3) is 0.385. The second-order valence-corrected chi connectivity index (χ2v) is 4.08. The Morgan fingerprint density at radius 3 is 2.58 bits per heavy atom. The molecule has 3 N–H and O–H groups in total. The number of ether oxygens (including phenoxy) is 1. The number of carboxylic acids is 1. The molecule has 0 bridgehead atoms. The number of nitrogens with one attached hydrogen (secondary N) is 2. The van der Waals surface area contributed by atoms with Gasteiger partial charge in [0, 0.05) is 5.69 Å². The molecule has 0 aliphatic heterocycles. The fourth-order valence-corrected chi connectivity index (χ4v) is 1.56. The predicted octanol–water partition coefficient (Wildman–Crippen LogP) is 1.99. The third-order valence-electron chi connectivity index (χ3n) is 2.69. The van der Waals surface area contributed by atoms with Gasteiger partial charge in [-0.3, -0.25) is 0 Å². The van der Waals surface area contributed by atoms with Gasteiger partial charge in [0.25, 0.3) is 0 Å². The molecule has 19 heavy (non-hydrogen) atoms. The van der Waals surface area contributed by atoms with Crippen LogP contribution in [0, 0.1) is 6.92 Å². The zero-order valence-corrected chi connectivity index (χ0v) is 11.2. The van der Waals surface area contributed by atoms with Gasteiger partial charge < -0.3 is 20.5 Å². The van der Waals surface area contributed by atoms with E-state index in [2.05, 4.69) is 10.6 Å². The maximum absolute atomic E-state index is 11.7. The molecule has 6 nitrogen and oxygen atoms in total. The molecule has 0 unspecified atom stereocenters. The van der Waals surface area contributed by atoms with Crippen molar-refractivity contribution in [2.75, 3.05) is 12.4 Å². The Morgan fingerprint density at radius 2 is 2.11 bits per heavy atom. The van der Waals surface area contributed by atoms with Crippen LogP contribution < -0.4 is 15.4 Å². The van der Waals surface area contributed by atoms with Crippen LogP contribution in [-0.2, 0) is 4.79 Å². The third-order valence-corrected chi connectivity index (χ3v) is 2.69. The maximum Gasteiger partial charge on any atom is 0.326 e. The molecule has 0 spiro atoms. The summed E-state index contributed by atoms with van der Waals surface area (Å²) in [6, 6.07) is 3.78. The summed E-state index contributed by atoms with van der Waals surface area (Å²) in [6.45, 7) is 3.52. The molecule has 0 fully saturated rings. The van der Waals surface area contributed by atoms with Crippen LogP contribution in [0.4, 0.5) is 10.5 Å². The van der Waals surface area contributed by atoms with E-state index in [1.807, 2.05) is 6.92 Å². The first-order chi connectivity index (χ1) is 8.97. The highest BCUT2D eigenvalue weighted by Crippen LogP contribution is 2.20. The van der Waals surface area contributed by atoms with Crippen molar-refractivity contribution in [1.29, 1.82) is 0 Å². The molecule has 0 saturated carbocycles. The first-order valence-electron chi connectivity index (χ1n) is 5.92. The van der Waals surface area contributed by atoms with E-state index < -0.39 is 18.0 Å². The number of benzene rings is 1. The summed E-state index contributed by atoms with van der Waals surface area (Å²) in [5, 5.41) is 13.9. The Morgan fingerprint density at radius 1 is 1.42 bits per heavy atom. The number of carbonyl (C=O) groups is 2. The van der Waals surface area contributed by atoms with Crippen LogP contribution >= 0.6 is 0 Å². The SMILES string of the molecule is CC[C@@H](NC(=O)Nc1ccc(OC)cc1C)C(=O)O. The molecule has 1 aromatic rings. The van der Waals surface area contributed by atoms with Crippen molar-refractivity contribution in [3.8, 4) is 5.75 Å². The maximum atomic E-state index is 11.7. The number of anilines is 1. The summed E-state index contributed by atoms with van der Waals surface area (Å²) in [6.07, 6.45) is 0.324. The normalized spacial score (nSPS) is 11.5. The van der Waals surface area contributed by atoms with Gasteiger partial charge in [-0.2, -0.15) is 0 Å². The Labute approximate surface area is 111 Å². The van der Waals surface area contributed by atoms with Gasteiger partial charge in [0.05, 0.1) is 7.11 Å². The first kappa shape index (κ1) is 14.8. The number of methoxy groups -OCH3 is 1. The second-order valence-electron chi connectivity index (χ2n) is 4.08. The van der Waals surface area contributed by atoms with E-state index in [9.17, 15) is 9.59 Å². The van der Waals surface area contributed by atoms with Crippen LogP contribution in [-0.4, -0.2) is 30.3 Å². The van der Waals surface area contributed by atoms with E-state index >= 15 is 0 Å². The van der Waals surface area contributed by atoms with E-state index in [-0.39, 0.29) is 0 Å².